The zero-order valence-corrected chi connectivity index (χ0v) is 20.9. The number of nitrogens with one attached hydrogen (secondary N) is 1. The quantitative estimate of drug-likeness (QED) is 0.219. The number of rotatable bonds is 8. The van der Waals surface area contributed by atoms with Crippen LogP contribution in [-0.4, -0.2) is 46.4 Å². The van der Waals surface area contributed by atoms with Crippen LogP contribution in [0, 0.1) is 5.41 Å². The molecule has 0 aliphatic carbocycles. The van der Waals surface area contributed by atoms with E-state index in [9.17, 15) is 4.79 Å². The van der Waals surface area contributed by atoms with E-state index in [0.717, 1.165) is 11.1 Å². The van der Waals surface area contributed by atoms with E-state index in [-0.39, 0.29) is 13.2 Å². The summed E-state index contributed by atoms with van der Waals surface area (Å²) < 4.78 is 27.2. The van der Waals surface area contributed by atoms with Gasteiger partial charge in [0.15, 0.2) is 6.10 Å². The van der Waals surface area contributed by atoms with Crippen LogP contribution < -0.4 is 0 Å². The molecule has 5 atom stereocenters. The molecule has 1 aliphatic heterocycles. The van der Waals surface area contributed by atoms with Gasteiger partial charge in [-0.15, -0.1) is 0 Å². The van der Waals surface area contributed by atoms with Gasteiger partial charge in [-0.1, -0.05) is 95.5 Å². The molecular weight excluding hydrogens is 505 g/mol. The Hall–Kier alpha value is -1.87. The molecule has 2 aromatic carbocycles. The summed E-state index contributed by atoms with van der Waals surface area (Å²) in [5.74, 6) is -1.26. The molecule has 0 spiro atoms. The molecule has 34 heavy (non-hydrogen) atoms. The molecule has 1 N–H and O–H groups in total. The van der Waals surface area contributed by atoms with E-state index in [1.165, 1.54) is 6.92 Å². The van der Waals surface area contributed by atoms with Crippen LogP contribution in [0.2, 0.25) is 0 Å². The summed E-state index contributed by atoms with van der Waals surface area (Å²) in [6.07, 6.45) is -4.34. The van der Waals surface area contributed by atoms with Gasteiger partial charge < -0.3 is 23.7 Å². The molecule has 0 aromatic heterocycles. The predicted octanol–water partition coefficient (Wildman–Crippen LogP) is 5.20. The van der Waals surface area contributed by atoms with Crippen molar-refractivity contribution in [1.29, 1.82) is 5.41 Å². The molecule has 1 fully saturated rings. The van der Waals surface area contributed by atoms with Gasteiger partial charge in [0, 0.05) is 6.92 Å². The van der Waals surface area contributed by atoms with E-state index in [1.54, 1.807) is 6.92 Å². The summed E-state index contributed by atoms with van der Waals surface area (Å²) in [5.41, 5.74) is 1.87. The maximum atomic E-state index is 12.0. The van der Waals surface area contributed by atoms with Gasteiger partial charge in [-0.3, -0.25) is 10.2 Å². The second-order valence-electron chi connectivity index (χ2n) is 7.75. The Labute approximate surface area is 213 Å². The van der Waals surface area contributed by atoms with Crippen molar-refractivity contribution in [2.45, 2.75) is 61.6 Å². The molecule has 1 unspecified atom stereocenters. The van der Waals surface area contributed by atoms with Gasteiger partial charge in [0.05, 0.1) is 19.3 Å². The first-order valence-electron chi connectivity index (χ1n) is 10.6. The number of alkyl halides is 3. The number of carbonyl (C=O) groups is 1. The molecule has 2 aromatic rings. The number of carbonyl (C=O) groups excluding carboxylic acids is 1. The van der Waals surface area contributed by atoms with Crippen molar-refractivity contribution in [3.63, 3.8) is 0 Å². The molecule has 0 radical (unpaired) electrons. The van der Waals surface area contributed by atoms with Crippen molar-refractivity contribution in [2.75, 3.05) is 0 Å². The Morgan fingerprint density at radius 2 is 1.38 bits per heavy atom. The van der Waals surface area contributed by atoms with Gasteiger partial charge in [-0.25, -0.2) is 0 Å². The fourth-order valence-electron chi connectivity index (χ4n) is 3.52. The molecule has 3 rings (SSSR count). The minimum absolute atomic E-state index is 0.218. The zero-order chi connectivity index (χ0) is 24.7. The molecule has 1 aliphatic rings. The first-order valence-corrected chi connectivity index (χ1v) is 11.7. The van der Waals surface area contributed by atoms with Crippen LogP contribution in [0.15, 0.2) is 60.7 Å². The average molecular weight is 531 g/mol. The van der Waals surface area contributed by atoms with E-state index >= 15 is 0 Å². The Kier molecular flexibility index (Phi) is 9.59. The van der Waals surface area contributed by atoms with Crippen molar-refractivity contribution in [2.24, 2.45) is 0 Å². The fourth-order valence-corrected chi connectivity index (χ4v) is 3.65. The normalized spacial score (nSPS) is 24.9. The number of benzene rings is 2. The van der Waals surface area contributed by atoms with Crippen LogP contribution >= 0.6 is 34.8 Å². The monoisotopic (exact) mass is 529 g/mol. The number of hydrogen-bond acceptors (Lipinski definition) is 7. The third-order valence-corrected chi connectivity index (χ3v) is 5.61. The molecule has 0 bridgehead atoms. The highest BCUT2D eigenvalue weighted by atomic mass is 35.6. The lowest BCUT2D eigenvalue weighted by molar-refractivity contribution is -0.296. The maximum absolute atomic E-state index is 12.0. The molecule has 10 heteroatoms. The minimum atomic E-state index is -2.12. The lowest BCUT2D eigenvalue weighted by Gasteiger charge is -2.44. The van der Waals surface area contributed by atoms with E-state index in [2.05, 4.69) is 0 Å². The van der Waals surface area contributed by atoms with E-state index < -0.39 is 46.4 Å². The Morgan fingerprint density at radius 3 is 1.85 bits per heavy atom. The topological polar surface area (TPSA) is 87.1 Å². The lowest BCUT2D eigenvalue weighted by atomic mass is 9.98. The van der Waals surface area contributed by atoms with Crippen LogP contribution in [0.3, 0.4) is 0 Å². The smallest absolute Gasteiger partial charge is 0.303 e. The fraction of sp³-hybridized carbons (Fsp3) is 0.417. The van der Waals surface area contributed by atoms with Gasteiger partial charge in [-0.2, -0.15) is 0 Å². The average Bonchev–Trinajstić information content (AvgIpc) is 2.79. The summed E-state index contributed by atoms with van der Waals surface area (Å²) in [6, 6.07) is 19.1. The standard InChI is InChI=1S/C24H26Cl3NO6/c1-15-19(30-13-17-9-5-3-6-10-17)20(31-14-18-11-7-4-8-12-18)21(33-16(2)29)22(32-15)34-23(28)24(25,26)27/h3-12,15,19-22,28H,13-14H2,1-2H3/t15-,19-,20+,21-,22?/m1/s1. The predicted molar refractivity (Wildman–Crippen MR) is 129 cm³/mol. The van der Waals surface area contributed by atoms with E-state index in [1.807, 2.05) is 60.7 Å². The third kappa shape index (κ3) is 7.57. The van der Waals surface area contributed by atoms with Crippen molar-refractivity contribution in [1.82, 2.24) is 0 Å². The van der Waals surface area contributed by atoms with Crippen molar-refractivity contribution in [3.05, 3.63) is 71.8 Å². The summed E-state index contributed by atoms with van der Waals surface area (Å²) in [4.78, 5) is 12.0. The van der Waals surface area contributed by atoms with Crippen LogP contribution in [0.1, 0.15) is 25.0 Å². The van der Waals surface area contributed by atoms with E-state index in [0.29, 0.717) is 0 Å². The highest BCUT2D eigenvalue weighted by molar-refractivity contribution is 6.76. The van der Waals surface area contributed by atoms with Crippen LogP contribution in [0.4, 0.5) is 0 Å². The lowest BCUT2D eigenvalue weighted by Crippen LogP contribution is -2.61. The summed E-state index contributed by atoms with van der Waals surface area (Å²) in [7, 11) is 0. The van der Waals surface area contributed by atoms with Crippen molar-refractivity contribution in [3.8, 4) is 0 Å². The highest BCUT2D eigenvalue weighted by Crippen LogP contribution is 2.34. The Bertz CT molecular complexity index is 941. The first kappa shape index (κ1) is 26.7. The number of ether oxygens (including phenoxy) is 5. The molecule has 1 saturated heterocycles. The summed E-state index contributed by atoms with van der Waals surface area (Å²) >= 11 is 17.3. The van der Waals surface area contributed by atoms with Crippen LogP contribution in [0.25, 0.3) is 0 Å². The Balaban J connectivity index is 1.86. The number of halogens is 3. The largest absolute Gasteiger partial charge is 0.453 e. The number of esters is 1. The molecule has 0 amide bonds. The van der Waals surface area contributed by atoms with Crippen LogP contribution in [-0.2, 0) is 41.7 Å². The van der Waals surface area contributed by atoms with Gasteiger partial charge in [-0.05, 0) is 18.1 Å². The highest BCUT2D eigenvalue weighted by Gasteiger charge is 2.50. The molecular formula is C24H26Cl3NO6. The van der Waals surface area contributed by atoms with Gasteiger partial charge in [0.25, 0.3) is 3.79 Å². The van der Waals surface area contributed by atoms with Gasteiger partial charge in [0.1, 0.15) is 12.2 Å². The summed E-state index contributed by atoms with van der Waals surface area (Å²) in [6.45, 7) is 3.53. The summed E-state index contributed by atoms with van der Waals surface area (Å²) in [5, 5.41) is 7.95. The van der Waals surface area contributed by atoms with Crippen molar-refractivity contribution >= 4 is 46.7 Å². The zero-order valence-electron chi connectivity index (χ0n) is 18.7. The molecule has 1 heterocycles. The van der Waals surface area contributed by atoms with Gasteiger partial charge in [0.2, 0.25) is 12.2 Å². The first-order chi connectivity index (χ1) is 16.1. The Morgan fingerprint density at radius 1 is 0.882 bits per heavy atom. The molecule has 7 nitrogen and oxygen atoms in total. The third-order valence-electron chi connectivity index (χ3n) is 5.09. The number of hydrogen-bond donors (Lipinski definition) is 1. The van der Waals surface area contributed by atoms with Gasteiger partial charge >= 0.3 is 5.97 Å². The minimum Gasteiger partial charge on any atom is -0.453 e. The second kappa shape index (κ2) is 12.2. The maximum Gasteiger partial charge on any atom is 0.303 e. The second-order valence-corrected chi connectivity index (χ2v) is 10.0. The van der Waals surface area contributed by atoms with Crippen LogP contribution in [0.5, 0.6) is 0 Å². The van der Waals surface area contributed by atoms with E-state index in [4.69, 9.17) is 63.9 Å². The molecule has 0 saturated carbocycles. The van der Waals surface area contributed by atoms with Crippen molar-refractivity contribution < 1.29 is 28.5 Å². The SMILES string of the molecule is CC(=O)O[C@H]1C(OC(=N)C(Cl)(Cl)Cl)O[C@H](C)[C@@H](OCc2ccccc2)[C@@H]1OCc1ccccc1. The molecule has 184 valence electrons.